The van der Waals surface area contributed by atoms with E-state index < -0.39 is 5.97 Å². The number of halogens is 1. The third-order valence-corrected chi connectivity index (χ3v) is 2.30. The van der Waals surface area contributed by atoms with Crippen LogP contribution in [0.25, 0.3) is 10.9 Å². The summed E-state index contributed by atoms with van der Waals surface area (Å²) in [6.07, 6.45) is 2.99. The number of aromatic nitrogens is 2. The SMILES string of the molecule is O=C(O)Cc1cnc(Cl)c2ncccc12. The van der Waals surface area contributed by atoms with E-state index in [1.807, 2.05) is 0 Å². The highest BCUT2D eigenvalue weighted by molar-refractivity contribution is 6.33. The van der Waals surface area contributed by atoms with Crippen LogP contribution < -0.4 is 0 Å². The van der Waals surface area contributed by atoms with E-state index in [-0.39, 0.29) is 6.42 Å². The van der Waals surface area contributed by atoms with Crippen molar-refractivity contribution >= 4 is 28.5 Å². The van der Waals surface area contributed by atoms with Gasteiger partial charge in [0.05, 0.1) is 6.42 Å². The van der Waals surface area contributed by atoms with Crippen molar-refractivity contribution in [3.63, 3.8) is 0 Å². The molecular weight excluding hydrogens is 216 g/mol. The molecule has 15 heavy (non-hydrogen) atoms. The van der Waals surface area contributed by atoms with Crippen molar-refractivity contribution in [3.05, 3.63) is 35.2 Å². The third-order valence-electron chi connectivity index (χ3n) is 2.02. The van der Waals surface area contributed by atoms with Crippen molar-refractivity contribution in [2.75, 3.05) is 0 Å². The first-order valence-corrected chi connectivity index (χ1v) is 4.66. The van der Waals surface area contributed by atoms with Gasteiger partial charge in [0.25, 0.3) is 0 Å². The first kappa shape index (κ1) is 9.86. The van der Waals surface area contributed by atoms with Crippen molar-refractivity contribution in [1.82, 2.24) is 9.97 Å². The summed E-state index contributed by atoms with van der Waals surface area (Å²) in [7, 11) is 0. The normalized spacial score (nSPS) is 10.5. The highest BCUT2D eigenvalue weighted by Gasteiger charge is 2.09. The van der Waals surface area contributed by atoms with E-state index in [1.54, 1.807) is 18.3 Å². The van der Waals surface area contributed by atoms with Gasteiger partial charge in [0.1, 0.15) is 5.52 Å². The lowest BCUT2D eigenvalue weighted by Gasteiger charge is -2.03. The molecule has 0 amide bonds. The number of hydrogen-bond acceptors (Lipinski definition) is 3. The van der Waals surface area contributed by atoms with E-state index in [1.165, 1.54) is 6.20 Å². The van der Waals surface area contributed by atoms with Crippen LogP contribution in [0.5, 0.6) is 0 Å². The molecule has 0 aliphatic heterocycles. The van der Waals surface area contributed by atoms with Gasteiger partial charge >= 0.3 is 5.97 Å². The Morgan fingerprint density at radius 3 is 3.00 bits per heavy atom. The molecular formula is C10H7ClN2O2. The minimum atomic E-state index is -0.899. The molecule has 2 heterocycles. The number of nitrogens with zero attached hydrogens (tertiary/aromatic N) is 2. The Morgan fingerprint density at radius 1 is 1.47 bits per heavy atom. The van der Waals surface area contributed by atoms with E-state index in [0.717, 1.165) is 5.39 Å². The number of carboxylic acids is 1. The molecule has 2 rings (SSSR count). The second-order valence-electron chi connectivity index (χ2n) is 3.04. The lowest BCUT2D eigenvalue weighted by atomic mass is 10.1. The minimum Gasteiger partial charge on any atom is -0.481 e. The summed E-state index contributed by atoms with van der Waals surface area (Å²) in [4.78, 5) is 18.6. The van der Waals surface area contributed by atoms with Gasteiger partial charge < -0.3 is 5.11 Å². The first-order chi connectivity index (χ1) is 7.18. The molecule has 0 saturated carbocycles. The van der Waals surface area contributed by atoms with Crippen LogP contribution in [0.2, 0.25) is 5.15 Å². The van der Waals surface area contributed by atoms with Gasteiger partial charge in [0.2, 0.25) is 0 Å². The first-order valence-electron chi connectivity index (χ1n) is 4.28. The standard InChI is InChI=1S/C10H7ClN2O2/c11-10-9-7(2-1-3-12-9)6(5-13-10)4-8(14)15/h1-3,5H,4H2,(H,14,15). The largest absolute Gasteiger partial charge is 0.481 e. The van der Waals surface area contributed by atoms with Crippen LogP contribution in [-0.4, -0.2) is 21.0 Å². The molecule has 0 unspecified atom stereocenters. The molecule has 0 atom stereocenters. The van der Waals surface area contributed by atoms with Crippen molar-refractivity contribution in [2.24, 2.45) is 0 Å². The summed E-state index contributed by atoms with van der Waals surface area (Å²) < 4.78 is 0. The van der Waals surface area contributed by atoms with Crippen LogP contribution in [0.4, 0.5) is 0 Å². The van der Waals surface area contributed by atoms with E-state index in [9.17, 15) is 4.79 Å². The van der Waals surface area contributed by atoms with Crippen LogP contribution in [-0.2, 0) is 11.2 Å². The summed E-state index contributed by atoms with van der Waals surface area (Å²) in [6.45, 7) is 0. The number of fused-ring (bicyclic) bond motifs is 1. The molecule has 1 N–H and O–H groups in total. The lowest BCUT2D eigenvalue weighted by molar-refractivity contribution is -0.136. The molecule has 2 aromatic heterocycles. The molecule has 5 heteroatoms. The molecule has 0 aliphatic carbocycles. The Hall–Kier alpha value is -1.68. The summed E-state index contributed by atoms with van der Waals surface area (Å²) in [6, 6.07) is 3.53. The van der Waals surface area contributed by atoms with E-state index in [2.05, 4.69) is 9.97 Å². The van der Waals surface area contributed by atoms with Gasteiger partial charge in [-0.25, -0.2) is 4.98 Å². The topological polar surface area (TPSA) is 63.1 Å². The van der Waals surface area contributed by atoms with E-state index >= 15 is 0 Å². The molecule has 0 saturated heterocycles. The fourth-order valence-corrected chi connectivity index (χ4v) is 1.60. The van der Waals surface area contributed by atoms with E-state index in [4.69, 9.17) is 16.7 Å². The van der Waals surface area contributed by atoms with Gasteiger partial charge in [-0.05, 0) is 11.6 Å². The Morgan fingerprint density at radius 2 is 2.27 bits per heavy atom. The maximum Gasteiger partial charge on any atom is 0.307 e. The van der Waals surface area contributed by atoms with Crippen molar-refractivity contribution in [2.45, 2.75) is 6.42 Å². The predicted molar refractivity (Wildman–Crippen MR) is 55.9 cm³/mol. The van der Waals surface area contributed by atoms with E-state index in [0.29, 0.717) is 16.2 Å². The quantitative estimate of drug-likeness (QED) is 0.789. The number of carbonyl (C=O) groups is 1. The number of pyridine rings is 2. The van der Waals surface area contributed by atoms with Crippen molar-refractivity contribution < 1.29 is 9.90 Å². The Kier molecular flexibility index (Phi) is 2.51. The predicted octanol–water partition coefficient (Wildman–Crippen LogP) is 1.91. The van der Waals surface area contributed by atoms with Gasteiger partial charge in [-0.3, -0.25) is 9.78 Å². The summed E-state index contributed by atoms with van der Waals surface area (Å²) in [5.74, 6) is -0.899. The summed E-state index contributed by atoms with van der Waals surface area (Å²) in [5.41, 5.74) is 1.16. The second kappa shape index (κ2) is 3.82. The van der Waals surface area contributed by atoms with Crippen molar-refractivity contribution in [1.29, 1.82) is 0 Å². The fraction of sp³-hybridized carbons (Fsp3) is 0.100. The monoisotopic (exact) mass is 222 g/mol. The van der Waals surface area contributed by atoms with Crippen LogP contribution in [0, 0.1) is 0 Å². The number of carboxylic acid groups (broad SMARTS) is 1. The van der Waals surface area contributed by atoms with Gasteiger partial charge in [0, 0.05) is 17.8 Å². The molecule has 76 valence electrons. The molecule has 0 fully saturated rings. The third kappa shape index (κ3) is 1.89. The highest BCUT2D eigenvalue weighted by atomic mass is 35.5. The zero-order valence-electron chi connectivity index (χ0n) is 7.64. The zero-order valence-corrected chi connectivity index (χ0v) is 8.40. The lowest BCUT2D eigenvalue weighted by Crippen LogP contribution is -2.02. The number of hydrogen-bond donors (Lipinski definition) is 1. The van der Waals surface area contributed by atoms with Gasteiger partial charge in [0.15, 0.2) is 5.15 Å². The van der Waals surface area contributed by atoms with Crippen molar-refractivity contribution in [3.8, 4) is 0 Å². The molecule has 0 bridgehead atoms. The Labute approximate surface area is 90.5 Å². The molecule has 0 spiro atoms. The average Bonchev–Trinajstić information content (AvgIpc) is 2.22. The second-order valence-corrected chi connectivity index (χ2v) is 3.40. The molecule has 0 aromatic carbocycles. The van der Waals surface area contributed by atoms with Crippen LogP contribution in [0.1, 0.15) is 5.56 Å². The van der Waals surface area contributed by atoms with Gasteiger partial charge in [-0.15, -0.1) is 0 Å². The minimum absolute atomic E-state index is 0.0770. The van der Waals surface area contributed by atoms with Crippen LogP contribution in [0.15, 0.2) is 24.5 Å². The van der Waals surface area contributed by atoms with Gasteiger partial charge in [-0.1, -0.05) is 17.7 Å². The van der Waals surface area contributed by atoms with Gasteiger partial charge in [-0.2, -0.15) is 0 Å². The fourth-order valence-electron chi connectivity index (χ4n) is 1.40. The zero-order chi connectivity index (χ0) is 10.8. The van der Waals surface area contributed by atoms with Crippen LogP contribution >= 0.6 is 11.6 Å². The summed E-state index contributed by atoms with van der Waals surface area (Å²) in [5, 5.41) is 9.74. The smallest absolute Gasteiger partial charge is 0.307 e. The Balaban J connectivity index is 2.66. The number of rotatable bonds is 2. The molecule has 0 aliphatic rings. The maximum absolute atomic E-state index is 10.6. The maximum atomic E-state index is 10.6. The van der Waals surface area contributed by atoms with Crippen LogP contribution in [0.3, 0.4) is 0 Å². The number of aliphatic carboxylic acids is 1. The Bertz CT molecular complexity index is 528. The molecule has 0 radical (unpaired) electrons. The molecule has 2 aromatic rings. The average molecular weight is 223 g/mol. The highest BCUT2D eigenvalue weighted by Crippen LogP contribution is 2.22. The molecule has 4 nitrogen and oxygen atoms in total. The summed E-state index contributed by atoms with van der Waals surface area (Å²) >= 11 is 5.84.